The summed E-state index contributed by atoms with van der Waals surface area (Å²) < 4.78 is 6.48. The molecule has 0 atom stereocenters. The van der Waals surface area contributed by atoms with E-state index in [0.717, 1.165) is 33.1 Å². The number of para-hydroxylation sites is 2. The molecule has 1 heterocycles. The average molecular weight is 739 g/mol. The van der Waals surface area contributed by atoms with Crippen LogP contribution in [-0.4, -0.2) is 0 Å². The number of hydrogen-bond donors (Lipinski definition) is 0. The second-order valence-corrected chi connectivity index (χ2v) is 16.4. The largest absolute Gasteiger partial charge is 0.455 e. The van der Waals surface area contributed by atoms with Gasteiger partial charge in [0.25, 0.3) is 0 Å². The van der Waals surface area contributed by atoms with E-state index < -0.39 is 0 Å². The molecule has 1 aromatic heterocycles. The molecule has 0 spiro atoms. The molecule has 58 heavy (non-hydrogen) atoms. The van der Waals surface area contributed by atoms with Gasteiger partial charge in [-0.15, -0.1) is 0 Å². The maximum atomic E-state index is 6.48. The van der Waals surface area contributed by atoms with Crippen LogP contribution in [0.5, 0.6) is 0 Å². The van der Waals surface area contributed by atoms with Crippen LogP contribution in [0.4, 0.5) is 0 Å². The van der Waals surface area contributed by atoms with Crippen molar-refractivity contribution in [1.29, 1.82) is 0 Å². The molecule has 0 fully saturated rings. The monoisotopic (exact) mass is 738 g/mol. The van der Waals surface area contributed by atoms with E-state index in [0.29, 0.717) is 0 Å². The van der Waals surface area contributed by atoms with Gasteiger partial charge in [-0.1, -0.05) is 178 Å². The van der Waals surface area contributed by atoms with E-state index in [1.807, 2.05) is 6.07 Å². The van der Waals surface area contributed by atoms with Crippen molar-refractivity contribution >= 4 is 54.3 Å². The molecule has 1 aliphatic rings. The van der Waals surface area contributed by atoms with Gasteiger partial charge in [-0.05, 0) is 124 Å². The Morgan fingerprint density at radius 1 is 0.328 bits per heavy atom. The van der Waals surface area contributed by atoms with Gasteiger partial charge in [-0.2, -0.15) is 0 Å². The van der Waals surface area contributed by atoms with Gasteiger partial charge >= 0.3 is 0 Å². The third-order valence-corrected chi connectivity index (χ3v) is 12.8. The normalized spacial score (nSPS) is 13.1. The van der Waals surface area contributed by atoms with Crippen molar-refractivity contribution in [3.05, 3.63) is 205 Å². The molecule has 0 saturated carbocycles. The standard InChI is InChI=1S/C57H38O/c1-57(2)51-30-29-39(33-49(51)50-32-37-13-3-4-14-38(37)34-52(50)57)35-25-27-36(28-26-35)54-44-18-5-7-20-46(44)55(47-21-8-6-19-45(47)54)41-16-11-15-40(31-41)42-22-12-23-48-43-17-9-10-24-53(43)58-56(42)48/h3-34H,1-2H3. The predicted molar refractivity (Wildman–Crippen MR) is 246 cm³/mol. The molecule has 0 unspecified atom stereocenters. The fourth-order valence-corrected chi connectivity index (χ4v) is 10.0. The fourth-order valence-electron chi connectivity index (χ4n) is 10.0. The summed E-state index contributed by atoms with van der Waals surface area (Å²) >= 11 is 0. The van der Waals surface area contributed by atoms with Gasteiger partial charge in [0.15, 0.2) is 0 Å². The van der Waals surface area contributed by atoms with Crippen molar-refractivity contribution in [3.63, 3.8) is 0 Å². The molecule has 10 aromatic carbocycles. The summed E-state index contributed by atoms with van der Waals surface area (Å²) in [5, 5.41) is 9.86. The number of hydrogen-bond acceptors (Lipinski definition) is 1. The second-order valence-electron chi connectivity index (χ2n) is 16.4. The van der Waals surface area contributed by atoms with E-state index in [1.54, 1.807) is 0 Å². The Kier molecular flexibility index (Phi) is 7.04. The van der Waals surface area contributed by atoms with Gasteiger partial charge in [-0.25, -0.2) is 0 Å². The van der Waals surface area contributed by atoms with E-state index >= 15 is 0 Å². The SMILES string of the molecule is CC1(C)c2ccc(-c3ccc(-c4c5ccccc5c(-c5cccc(-c6cccc7c6oc6ccccc67)c5)c5ccccc45)cc3)cc2-c2cc3ccccc3cc21. The first-order valence-electron chi connectivity index (χ1n) is 20.2. The van der Waals surface area contributed by atoms with Gasteiger partial charge in [0, 0.05) is 21.8 Å². The van der Waals surface area contributed by atoms with E-state index in [-0.39, 0.29) is 5.41 Å². The van der Waals surface area contributed by atoms with Crippen molar-refractivity contribution in [2.45, 2.75) is 19.3 Å². The van der Waals surface area contributed by atoms with Crippen LogP contribution in [0, 0.1) is 0 Å². The highest BCUT2D eigenvalue weighted by molar-refractivity contribution is 6.21. The quantitative estimate of drug-likeness (QED) is 0.164. The molecule has 11 aromatic rings. The zero-order valence-electron chi connectivity index (χ0n) is 32.4. The fraction of sp³-hybridized carbons (Fsp3) is 0.0526. The molecule has 0 N–H and O–H groups in total. The molecule has 1 nitrogen and oxygen atoms in total. The lowest BCUT2D eigenvalue weighted by Crippen LogP contribution is -2.14. The number of benzene rings is 10. The van der Waals surface area contributed by atoms with E-state index in [9.17, 15) is 0 Å². The Morgan fingerprint density at radius 2 is 0.862 bits per heavy atom. The third kappa shape index (κ3) is 4.83. The van der Waals surface area contributed by atoms with Gasteiger partial charge < -0.3 is 4.42 Å². The van der Waals surface area contributed by atoms with Crippen molar-refractivity contribution in [1.82, 2.24) is 0 Å². The molecular weight excluding hydrogens is 701 g/mol. The summed E-state index contributed by atoms with van der Waals surface area (Å²) in [4.78, 5) is 0. The highest BCUT2D eigenvalue weighted by Crippen LogP contribution is 2.51. The first-order chi connectivity index (χ1) is 28.5. The molecule has 0 amide bonds. The Morgan fingerprint density at radius 3 is 1.59 bits per heavy atom. The van der Waals surface area contributed by atoms with Gasteiger partial charge in [-0.3, -0.25) is 0 Å². The summed E-state index contributed by atoms with van der Waals surface area (Å²) in [5.41, 5.74) is 16.9. The summed E-state index contributed by atoms with van der Waals surface area (Å²) in [7, 11) is 0. The van der Waals surface area contributed by atoms with Crippen molar-refractivity contribution in [3.8, 4) is 55.6 Å². The number of rotatable bonds is 4. The molecule has 272 valence electrons. The molecule has 0 saturated heterocycles. The van der Waals surface area contributed by atoms with E-state index in [2.05, 4.69) is 202 Å². The lowest BCUT2D eigenvalue weighted by molar-refractivity contribution is 0.661. The lowest BCUT2D eigenvalue weighted by atomic mass is 9.81. The molecular formula is C57H38O. The maximum absolute atomic E-state index is 6.48. The maximum Gasteiger partial charge on any atom is 0.143 e. The summed E-state index contributed by atoms with van der Waals surface area (Å²) in [5.74, 6) is 0. The van der Waals surface area contributed by atoms with Gasteiger partial charge in [0.1, 0.15) is 11.2 Å². The zero-order chi connectivity index (χ0) is 38.5. The van der Waals surface area contributed by atoms with Crippen LogP contribution in [0.2, 0.25) is 0 Å². The summed E-state index contributed by atoms with van der Waals surface area (Å²) in [6.07, 6.45) is 0. The Balaban J connectivity index is 0.976. The van der Waals surface area contributed by atoms with E-state index in [1.165, 1.54) is 88.0 Å². The Hall–Kier alpha value is -7.22. The minimum absolute atomic E-state index is 0.0464. The smallest absolute Gasteiger partial charge is 0.143 e. The van der Waals surface area contributed by atoms with Crippen LogP contribution in [0.3, 0.4) is 0 Å². The molecule has 0 radical (unpaired) electrons. The molecule has 0 bridgehead atoms. The first-order valence-corrected chi connectivity index (χ1v) is 20.2. The minimum atomic E-state index is -0.0464. The summed E-state index contributed by atoms with van der Waals surface area (Å²) in [6, 6.07) is 71.4. The Labute approximate surface area is 337 Å². The van der Waals surface area contributed by atoms with Crippen LogP contribution in [0.1, 0.15) is 25.0 Å². The lowest BCUT2D eigenvalue weighted by Gasteiger charge is -2.22. The van der Waals surface area contributed by atoms with Crippen LogP contribution >= 0.6 is 0 Å². The number of furan rings is 1. The topological polar surface area (TPSA) is 13.1 Å². The third-order valence-electron chi connectivity index (χ3n) is 12.8. The van der Waals surface area contributed by atoms with Crippen molar-refractivity contribution in [2.24, 2.45) is 0 Å². The highest BCUT2D eigenvalue weighted by atomic mass is 16.3. The van der Waals surface area contributed by atoms with Crippen molar-refractivity contribution < 1.29 is 4.42 Å². The summed E-state index contributed by atoms with van der Waals surface area (Å²) in [6.45, 7) is 4.72. The minimum Gasteiger partial charge on any atom is -0.455 e. The van der Waals surface area contributed by atoms with Crippen molar-refractivity contribution in [2.75, 3.05) is 0 Å². The van der Waals surface area contributed by atoms with Crippen LogP contribution in [-0.2, 0) is 5.41 Å². The molecule has 1 aliphatic carbocycles. The van der Waals surface area contributed by atoms with Gasteiger partial charge in [0.05, 0.1) is 0 Å². The zero-order valence-corrected chi connectivity index (χ0v) is 32.4. The van der Waals surface area contributed by atoms with E-state index in [4.69, 9.17) is 4.42 Å². The first kappa shape index (κ1) is 33.0. The second kappa shape index (κ2) is 12.4. The predicted octanol–water partition coefficient (Wildman–Crippen LogP) is 16.0. The molecule has 1 heteroatoms. The van der Waals surface area contributed by atoms with Crippen LogP contribution in [0.15, 0.2) is 199 Å². The molecule has 0 aliphatic heterocycles. The highest BCUT2D eigenvalue weighted by Gasteiger charge is 2.35. The average Bonchev–Trinajstić information content (AvgIpc) is 3.76. The number of fused-ring (bicyclic) bond motifs is 9. The Bertz CT molecular complexity index is 3410. The van der Waals surface area contributed by atoms with Crippen LogP contribution < -0.4 is 0 Å². The molecule has 12 rings (SSSR count). The van der Waals surface area contributed by atoms with Crippen LogP contribution in [0.25, 0.3) is 110 Å². The van der Waals surface area contributed by atoms with Gasteiger partial charge in [0.2, 0.25) is 0 Å².